The highest BCUT2D eigenvalue weighted by Crippen LogP contribution is 2.36. The van der Waals surface area contributed by atoms with Crippen molar-refractivity contribution < 1.29 is 4.52 Å². The molecule has 1 fully saturated rings. The summed E-state index contributed by atoms with van der Waals surface area (Å²) in [7, 11) is 1.82. The van der Waals surface area contributed by atoms with E-state index in [4.69, 9.17) is 4.52 Å². The van der Waals surface area contributed by atoms with Gasteiger partial charge in [0, 0.05) is 20.1 Å². The van der Waals surface area contributed by atoms with Crippen molar-refractivity contribution in [1.29, 1.82) is 0 Å². The van der Waals surface area contributed by atoms with Gasteiger partial charge in [-0.3, -0.25) is 4.99 Å². The molecule has 0 saturated carbocycles. The van der Waals surface area contributed by atoms with Crippen molar-refractivity contribution in [1.82, 2.24) is 20.4 Å². The minimum atomic E-state index is 0. The van der Waals surface area contributed by atoms with Gasteiger partial charge in [0.15, 0.2) is 11.8 Å². The molecule has 1 aliphatic rings. The number of halogens is 1. The molecule has 0 unspecified atom stereocenters. The summed E-state index contributed by atoms with van der Waals surface area (Å²) < 4.78 is 5.11. The predicted octanol–water partition coefficient (Wildman–Crippen LogP) is 2.58. The smallest absolute Gasteiger partial charge is 0.246 e. The van der Waals surface area contributed by atoms with Crippen LogP contribution in [0.15, 0.2) is 9.52 Å². The summed E-state index contributed by atoms with van der Waals surface area (Å²) in [6.07, 6.45) is 3.68. The van der Waals surface area contributed by atoms with Gasteiger partial charge in [-0.15, -0.1) is 24.0 Å². The minimum absolute atomic E-state index is 0. The summed E-state index contributed by atoms with van der Waals surface area (Å²) >= 11 is 0. The first-order chi connectivity index (χ1) is 9.62. The number of aryl methyl sites for hydroxylation is 1. The molecule has 1 saturated heterocycles. The maximum atomic E-state index is 5.11. The van der Waals surface area contributed by atoms with Crippen molar-refractivity contribution in [2.45, 2.75) is 46.6 Å². The van der Waals surface area contributed by atoms with E-state index in [1.54, 1.807) is 0 Å². The van der Waals surface area contributed by atoms with Crippen LogP contribution in [0.25, 0.3) is 0 Å². The van der Waals surface area contributed by atoms with Gasteiger partial charge in [-0.05, 0) is 31.6 Å². The lowest BCUT2D eigenvalue weighted by Gasteiger charge is -2.27. The number of nitrogens with zero attached hydrogens (tertiary/aromatic N) is 4. The van der Waals surface area contributed by atoms with Crippen LogP contribution >= 0.6 is 24.0 Å². The molecule has 7 heteroatoms. The molecule has 0 aromatic carbocycles. The molecule has 0 bridgehead atoms. The molecular weight excluding hydrogens is 381 g/mol. The van der Waals surface area contributed by atoms with Crippen LogP contribution in [-0.2, 0) is 6.54 Å². The number of hydrogen-bond donors (Lipinski definition) is 1. The normalized spacial score (nSPS) is 17.7. The SMILES string of the molecule is CCC1(CC)CCN(C(=NC)NCc2nc(C)no2)C1.I. The fraction of sp³-hybridized carbons (Fsp3) is 0.786. The van der Waals surface area contributed by atoms with Crippen molar-refractivity contribution in [3.8, 4) is 0 Å². The summed E-state index contributed by atoms with van der Waals surface area (Å²) in [5.74, 6) is 2.18. The maximum absolute atomic E-state index is 5.11. The quantitative estimate of drug-likeness (QED) is 0.472. The Morgan fingerprint density at radius 3 is 2.62 bits per heavy atom. The van der Waals surface area contributed by atoms with Crippen molar-refractivity contribution in [2.24, 2.45) is 10.4 Å². The first-order valence-electron chi connectivity index (χ1n) is 7.37. The van der Waals surface area contributed by atoms with Gasteiger partial charge in [-0.1, -0.05) is 19.0 Å². The largest absolute Gasteiger partial charge is 0.347 e. The summed E-state index contributed by atoms with van der Waals surface area (Å²) in [6, 6.07) is 0. The second-order valence-electron chi connectivity index (χ2n) is 5.51. The Balaban J connectivity index is 0.00000220. The van der Waals surface area contributed by atoms with E-state index in [1.165, 1.54) is 19.3 Å². The molecule has 21 heavy (non-hydrogen) atoms. The van der Waals surface area contributed by atoms with E-state index in [1.807, 2.05) is 14.0 Å². The van der Waals surface area contributed by atoms with Crippen LogP contribution in [0.1, 0.15) is 44.8 Å². The summed E-state index contributed by atoms with van der Waals surface area (Å²) in [6.45, 7) is 9.04. The van der Waals surface area contributed by atoms with Crippen LogP contribution in [0.5, 0.6) is 0 Å². The molecule has 6 nitrogen and oxygen atoms in total. The summed E-state index contributed by atoms with van der Waals surface area (Å²) in [5, 5.41) is 7.09. The van der Waals surface area contributed by atoms with E-state index >= 15 is 0 Å². The number of guanidine groups is 1. The lowest BCUT2D eigenvalue weighted by atomic mass is 9.82. The Kier molecular flexibility index (Phi) is 6.89. The zero-order chi connectivity index (χ0) is 14.6. The van der Waals surface area contributed by atoms with Crippen LogP contribution in [0.3, 0.4) is 0 Å². The lowest BCUT2D eigenvalue weighted by molar-refractivity contribution is 0.275. The molecule has 0 radical (unpaired) electrons. The van der Waals surface area contributed by atoms with Gasteiger partial charge >= 0.3 is 0 Å². The zero-order valence-corrected chi connectivity index (χ0v) is 15.7. The molecule has 2 heterocycles. The van der Waals surface area contributed by atoms with Crippen molar-refractivity contribution in [3.63, 3.8) is 0 Å². The topological polar surface area (TPSA) is 66.5 Å². The second-order valence-corrected chi connectivity index (χ2v) is 5.51. The number of nitrogens with one attached hydrogen (secondary N) is 1. The molecule has 1 aromatic rings. The van der Waals surface area contributed by atoms with Crippen molar-refractivity contribution >= 4 is 29.9 Å². The molecule has 0 atom stereocenters. The van der Waals surface area contributed by atoms with E-state index in [2.05, 4.69) is 39.2 Å². The molecule has 1 aliphatic heterocycles. The standard InChI is InChI=1S/C14H25N5O.HI/c1-5-14(6-2)7-8-19(10-14)13(15-4)16-9-12-17-11(3)18-20-12;/h5-10H2,1-4H3,(H,15,16);1H. The molecule has 0 aliphatic carbocycles. The van der Waals surface area contributed by atoms with Crippen LogP contribution in [-0.4, -0.2) is 41.1 Å². The van der Waals surface area contributed by atoms with Gasteiger partial charge in [0.25, 0.3) is 0 Å². The molecule has 1 N–H and O–H groups in total. The van der Waals surface area contributed by atoms with Gasteiger partial charge in [0.2, 0.25) is 5.89 Å². The average Bonchev–Trinajstić information content (AvgIpc) is 3.07. The molecule has 0 spiro atoms. The Hall–Kier alpha value is -0.860. The number of rotatable bonds is 4. The van der Waals surface area contributed by atoms with E-state index in [0.717, 1.165) is 19.0 Å². The van der Waals surface area contributed by atoms with Crippen LogP contribution in [0.2, 0.25) is 0 Å². The Bertz CT molecular complexity index is 470. The third-order valence-corrected chi connectivity index (χ3v) is 4.42. The Morgan fingerprint density at radius 1 is 1.43 bits per heavy atom. The van der Waals surface area contributed by atoms with Crippen LogP contribution in [0.4, 0.5) is 0 Å². The van der Waals surface area contributed by atoms with Crippen LogP contribution in [0, 0.1) is 12.3 Å². The molecule has 0 amide bonds. The average molecular weight is 407 g/mol. The number of aliphatic imine (C=N–C) groups is 1. The highest BCUT2D eigenvalue weighted by molar-refractivity contribution is 14.0. The highest BCUT2D eigenvalue weighted by atomic mass is 127. The van der Waals surface area contributed by atoms with E-state index in [0.29, 0.717) is 23.7 Å². The molecule has 1 aromatic heterocycles. The van der Waals surface area contributed by atoms with E-state index in [9.17, 15) is 0 Å². The molecular formula is C14H26IN5O. The zero-order valence-electron chi connectivity index (χ0n) is 13.3. The van der Waals surface area contributed by atoms with E-state index in [-0.39, 0.29) is 24.0 Å². The van der Waals surface area contributed by atoms with Gasteiger partial charge < -0.3 is 14.7 Å². The lowest BCUT2D eigenvalue weighted by Crippen LogP contribution is -2.40. The predicted molar refractivity (Wildman–Crippen MR) is 93.9 cm³/mol. The van der Waals surface area contributed by atoms with Gasteiger partial charge in [0.05, 0.1) is 6.54 Å². The van der Waals surface area contributed by atoms with Crippen LogP contribution < -0.4 is 5.32 Å². The van der Waals surface area contributed by atoms with E-state index < -0.39 is 0 Å². The summed E-state index contributed by atoms with van der Waals surface area (Å²) in [5.41, 5.74) is 0.443. The minimum Gasteiger partial charge on any atom is -0.347 e. The third kappa shape index (κ3) is 4.31. The van der Waals surface area contributed by atoms with Crippen molar-refractivity contribution in [3.05, 3.63) is 11.7 Å². The van der Waals surface area contributed by atoms with Gasteiger partial charge in [-0.2, -0.15) is 4.98 Å². The summed E-state index contributed by atoms with van der Waals surface area (Å²) in [4.78, 5) is 10.9. The third-order valence-electron chi connectivity index (χ3n) is 4.42. The second kappa shape index (κ2) is 7.95. The molecule has 2 rings (SSSR count). The van der Waals surface area contributed by atoms with Gasteiger partial charge in [0.1, 0.15) is 0 Å². The van der Waals surface area contributed by atoms with Crippen molar-refractivity contribution in [2.75, 3.05) is 20.1 Å². The molecule has 120 valence electrons. The first kappa shape index (κ1) is 18.2. The first-order valence-corrected chi connectivity index (χ1v) is 7.37. The highest BCUT2D eigenvalue weighted by Gasteiger charge is 2.36. The fourth-order valence-electron chi connectivity index (χ4n) is 2.84. The number of aromatic nitrogens is 2. The van der Waals surface area contributed by atoms with Gasteiger partial charge in [-0.25, -0.2) is 0 Å². The maximum Gasteiger partial charge on any atom is 0.246 e. The fourth-order valence-corrected chi connectivity index (χ4v) is 2.84. The number of likely N-dealkylation sites (tertiary alicyclic amines) is 1. The number of hydrogen-bond acceptors (Lipinski definition) is 4. The Labute approximate surface area is 143 Å². The monoisotopic (exact) mass is 407 g/mol. The Morgan fingerprint density at radius 2 is 2.14 bits per heavy atom.